The molecular formula is C17H14N4O. The molecule has 0 atom stereocenters. The number of benzene rings is 1. The molecule has 0 bridgehead atoms. The number of hydrogen-bond donors (Lipinski definition) is 2. The SMILES string of the molecule is O=C(NC1(c2ccncc2)CCC1)c1[nH]nc2c3cc-3cc12. The summed E-state index contributed by atoms with van der Waals surface area (Å²) in [5.41, 5.74) is 4.71. The Balaban J connectivity index is 1.49. The highest BCUT2D eigenvalue weighted by atomic mass is 16.2. The molecule has 0 aromatic carbocycles. The lowest BCUT2D eigenvalue weighted by molar-refractivity contribution is 0.0819. The van der Waals surface area contributed by atoms with Gasteiger partial charge in [-0.15, -0.1) is 0 Å². The monoisotopic (exact) mass is 290 g/mol. The van der Waals surface area contributed by atoms with Crippen LogP contribution in [0.3, 0.4) is 0 Å². The minimum absolute atomic E-state index is 0.0796. The highest BCUT2D eigenvalue weighted by Crippen LogP contribution is 2.44. The Morgan fingerprint density at radius 2 is 2.05 bits per heavy atom. The number of amides is 1. The molecule has 5 nitrogen and oxygen atoms in total. The third-order valence-electron chi connectivity index (χ3n) is 4.91. The zero-order valence-electron chi connectivity index (χ0n) is 11.9. The molecule has 1 saturated carbocycles. The standard InChI is InChI=1S/C17H14N4O/c22-16(15-13-9-10-8-12(10)14(13)20-21-15)19-17(4-1-5-17)11-2-6-18-7-3-11/h2-3,6-9H,1,4-5H2,(H,19,22)(H,20,21). The molecule has 5 rings (SSSR count). The van der Waals surface area contributed by atoms with E-state index in [0.29, 0.717) is 5.69 Å². The zero-order chi connectivity index (χ0) is 14.7. The van der Waals surface area contributed by atoms with E-state index in [4.69, 9.17) is 0 Å². The first-order chi connectivity index (χ1) is 10.8. The van der Waals surface area contributed by atoms with Gasteiger partial charge in [-0.05, 0) is 54.7 Å². The van der Waals surface area contributed by atoms with Crippen molar-refractivity contribution in [3.63, 3.8) is 0 Å². The second-order valence-corrected chi connectivity index (χ2v) is 6.14. The summed E-state index contributed by atoms with van der Waals surface area (Å²) in [4.78, 5) is 16.8. The van der Waals surface area contributed by atoms with Crippen LogP contribution in [0, 0.1) is 0 Å². The van der Waals surface area contributed by atoms with Crippen molar-refractivity contribution in [2.45, 2.75) is 24.8 Å². The highest BCUT2D eigenvalue weighted by molar-refractivity contribution is 6.15. The van der Waals surface area contributed by atoms with E-state index in [9.17, 15) is 4.79 Å². The first-order valence-corrected chi connectivity index (χ1v) is 7.52. The molecule has 3 aliphatic carbocycles. The van der Waals surface area contributed by atoms with Gasteiger partial charge < -0.3 is 5.32 Å². The Labute approximate surface area is 126 Å². The van der Waals surface area contributed by atoms with E-state index in [1.54, 1.807) is 12.4 Å². The van der Waals surface area contributed by atoms with Crippen LogP contribution in [0.5, 0.6) is 0 Å². The van der Waals surface area contributed by atoms with Crippen molar-refractivity contribution in [2.75, 3.05) is 0 Å². The molecule has 108 valence electrons. The van der Waals surface area contributed by atoms with Gasteiger partial charge in [-0.3, -0.25) is 14.9 Å². The second-order valence-electron chi connectivity index (χ2n) is 6.14. The van der Waals surface area contributed by atoms with Crippen LogP contribution < -0.4 is 5.32 Å². The van der Waals surface area contributed by atoms with Crippen molar-refractivity contribution in [1.82, 2.24) is 20.5 Å². The fourth-order valence-corrected chi connectivity index (χ4v) is 3.44. The number of nitrogens with one attached hydrogen (secondary N) is 2. The summed E-state index contributed by atoms with van der Waals surface area (Å²) in [7, 11) is 0. The molecule has 0 saturated heterocycles. The quantitative estimate of drug-likeness (QED) is 0.609. The maximum atomic E-state index is 12.7. The van der Waals surface area contributed by atoms with Gasteiger partial charge in [-0.25, -0.2) is 0 Å². The lowest BCUT2D eigenvalue weighted by Crippen LogP contribution is -2.50. The summed E-state index contributed by atoms with van der Waals surface area (Å²) in [6.45, 7) is 0. The second kappa shape index (κ2) is 3.94. The van der Waals surface area contributed by atoms with Gasteiger partial charge in [0.1, 0.15) is 11.2 Å². The number of fused-ring (bicyclic) bond motifs is 3. The van der Waals surface area contributed by atoms with E-state index >= 15 is 0 Å². The number of aromatic nitrogens is 3. The molecule has 0 aliphatic heterocycles. The number of pyridine rings is 1. The van der Waals surface area contributed by atoms with E-state index in [-0.39, 0.29) is 11.4 Å². The molecule has 2 N–H and O–H groups in total. The van der Waals surface area contributed by atoms with Crippen molar-refractivity contribution < 1.29 is 4.79 Å². The number of aromatic amines is 1. The molecule has 2 heterocycles. The van der Waals surface area contributed by atoms with Crippen LogP contribution in [0.4, 0.5) is 0 Å². The number of carbonyl (C=O) groups excluding carboxylic acids is 1. The van der Waals surface area contributed by atoms with E-state index in [0.717, 1.165) is 41.3 Å². The minimum atomic E-state index is -0.258. The van der Waals surface area contributed by atoms with Gasteiger partial charge in [0.25, 0.3) is 5.91 Å². The van der Waals surface area contributed by atoms with Crippen molar-refractivity contribution >= 4 is 16.8 Å². The van der Waals surface area contributed by atoms with E-state index in [2.05, 4.69) is 26.6 Å². The van der Waals surface area contributed by atoms with E-state index < -0.39 is 0 Å². The topological polar surface area (TPSA) is 70.7 Å². The Hall–Kier alpha value is -2.69. The number of carbonyl (C=O) groups is 1. The highest BCUT2D eigenvalue weighted by Gasteiger charge is 2.40. The predicted molar refractivity (Wildman–Crippen MR) is 82.3 cm³/mol. The number of rotatable bonds is 3. The maximum Gasteiger partial charge on any atom is 0.270 e. The first-order valence-electron chi connectivity index (χ1n) is 7.52. The lowest BCUT2D eigenvalue weighted by atomic mass is 9.72. The minimum Gasteiger partial charge on any atom is -0.341 e. The molecule has 22 heavy (non-hydrogen) atoms. The summed E-state index contributed by atoms with van der Waals surface area (Å²) in [6.07, 6.45) is 6.61. The first kappa shape index (κ1) is 11.9. The third-order valence-corrected chi connectivity index (χ3v) is 4.91. The summed E-state index contributed by atoms with van der Waals surface area (Å²) < 4.78 is 0. The van der Waals surface area contributed by atoms with Gasteiger partial charge in [0.15, 0.2) is 0 Å². The maximum absolute atomic E-state index is 12.7. The summed E-state index contributed by atoms with van der Waals surface area (Å²) in [5, 5.41) is 11.3. The largest absolute Gasteiger partial charge is 0.341 e. The van der Waals surface area contributed by atoms with Crippen LogP contribution in [0.2, 0.25) is 0 Å². The summed E-state index contributed by atoms with van der Waals surface area (Å²) >= 11 is 0. The van der Waals surface area contributed by atoms with Crippen molar-refractivity contribution in [2.24, 2.45) is 0 Å². The smallest absolute Gasteiger partial charge is 0.270 e. The third kappa shape index (κ3) is 1.51. The van der Waals surface area contributed by atoms with Crippen molar-refractivity contribution in [3.8, 4) is 11.1 Å². The predicted octanol–water partition coefficient (Wildman–Crippen LogP) is 2.75. The van der Waals surface area contributed by atoms with Crippen LogP contribution >= 0.6 is 0 Å². The van der Waals surface area contributed by atoms with Gasteiger partial charge in [-0.2, -0.15) is 5.10 Å². The molecular weight excluding hydrogens is 276 g/mol. The van der Waals surface area contributed by atoms with Gasteiger partial charge in [-0.1, -0.05) is 0 Å². The van der Waals surface area contributed by atoms with Gasteiger partial charge in [0.05, 0.1) is 5.54 Å². The van der Waals surface area contributed by atoms with Crippen molar-refractivity contribution in [1.29, 1.82) is 0 Å². The van der Waals surface area contributed by atoms with Crippen molar-refractivity contribution in [3.05, 3.63) is 47.9 Å². The molecule has 2 aromatic rings. The fourth-order valence-electron chi connectivity index (χ4n) is 3.44. The summed E-state index contributed by atoms with van der Waals surface area (Å²) in [5.74, 6) is -0.0796. The van der Waals surface area contributed by atoms with Crippen LogP contribution in [0.1, 0.15) is 35.3 Å². The summed E-state index contributed by atoms with van der Waals surface area (Å²) in [6, 6.07) is 8.08. The zero-order valence-corrected chi connectivity index (χ0v) is 11.9. The molecule has 5 heteroatoms. The molecule has 1 amide bonds. The Kier molecular flexibility index (Phi) is 2.13. The fraction of sp³-hybridized carbons (Fsp3) is 0.235. The Morgan fingerprint density at radius 3 is 2.77 bits per heavy atom. The molecule has 0 radical (unpaired) electrons. The molecule has 0 unspecified atom stereocenters. The number of hydrogen-bond acceptors (Lipinski definition) is 3. The van der Waals surface area contributed by atoms with Gasteiger partial charge in [0.2, 0.25) is 0 Å². The lowest BCUT2D eigenvalue weighted by Gasteiger charge is -2.42. The van der Waals surface area contributed by atoms with Gasteiger partial charge in [0, 0.05) is 23.3 Å². The van der Waals surface area contributed by atoms with Gasteiger partial charge >= 0.3 is 0 Å². The Morgan fingerprint density at radius 1 is 1.23 bits per heavy atom. The number of nitrogens with zero attached hydrogens (tertiary/aromatic N) is 2. The Bertz CT molecular complexity index is 909. The number of H-pyrrole nitrogens is 1. The normalized spacial score (nSPS) is 17.1. The van der Waals surface area contributed by atoms with Crippen LogP contribution in [-0.4, -0.2) is 21.1 Å². The van der Waals surface area contributed by atoms with E-state index in [1.165, 1.54) is 5.56 Å². The van der Waals surface area contributed by atoms with Crippen LogP contribution in [0.25, 0.3) is 22.0 Å². The molecule has 3 aliphatic rings. The van der Waals surface area contributed by atoms with Crippen LogP contribution in [-0.2, 0) is 5.54 Å². The molecule has 2 aromatic heterocycles. The van der Waals surface area contributed by atoms with Crippen LogP contribution in [0.15, 0.2) is 36.7 Å². The molecule has 0 spiro atoms. The van der Waals surface area contributed by atoms with E-state index in [1.807, 2.05) is 18.2 Å². The molecule has 1 fully saturated rings. The average Bonchev–Trinajstić information content (AvgIpc) is 2.99. The average molecular weight is 290 g/mol.